The molecular weight excluding hydrogens is 332 g/mol. The second-order valence-corrected chi connectivity index (χ2v) is 5.79. The maximum Gasteiger partial charge on any atom is 0.244 e. The number of amides is 2. The molecule has 2 aromatic rings. The molecule has 138 valence electrons. The smallest absolute Gasteiger partial charge is 0.244 e. The average molecular weight is 356 g/mol. The number of carbonyl (C=O) groups excluding carboxylic acids is 2. The van der Waals surface area contributed by atoms with E-state index in [-0.39, 0.29) is 18.4 Å². The summed E-state index contributed by atoms with van der Waals surface area (Å²) in [5.74, 6) is 0.694. The minimum atomic E-state index is -0.292. The van der Waals surface area contributed by atoms with Crippen molar-refractivity contribution in [3.63, 3.8) is 0 Å². The van der Waals surface area contributed by atoms with Crippen molar-refractivity contribution in [3.05, 3.63) is 54.1 Å². The van der Waals surface area contributed by atoms with Crippen LogP contribution in [0.4, 0.5) is 5.69 Å². The van der Waals surface area contributed by atoms with Gasteiger partial charge >= 0.3 is 0 Å². The van der Waals surface area contributed by atoms with E-state index < -0.39 is 0 Å². The topological polar surface area (TPSA) is 67.9 Å². The van der Waals surface area contributed by atoms with Gasteiger partial charge in [0.05, 0.1) is 26.5 Å². The molecule has 2 aromatic carbocycles. The molecule has 6 nitrogen and oxygen atoms in total. The van der Waals surface area contributed by atoms with Crippen LogP contribution in [-0.4, -0.2) is 44.0 Å². The van der Waals surface area contributed by atoms with Gasteiger partial charge in [0.2, 0.25) is 11.8 Å². The van der Waals surface area contributed by atoms with Crippen LogP contribution in [-0.2, 0) is 16.0 Å². The van der Waals surface area contributed by atoms with Crippen LogP contribution in [0.2, 0.25) is 0 Å². The Morgan fingerprint density at radius 2 is 1.77 bits per heavy atom. The number of ether oxygens (including phenoxy) is 2. The summed E-state index contributed by atoms with van der Waals surface area (Å²) < 4.78 is 10.4. The lowest BCUT2D eigenvalue weighted by atomic mass is 10.1. The number of hydrogen-bond donors (Lipinski definition) is 1. The Bertz CT molecular complexity index is 747. The first-order valence-electron chi connectivity index (χ1n) is 8.34. The molecule has 0 aliphatic rings. The summed E-state index contributed by atoms with van der Waals surface area (Å²) in [6.07, 6.45) is 0.691. The van der Waals surface area contributed by atoms with Crippen LogP contribution in [0.25, 0.3) is 0 Å². The van der Waals surface area contributed by atoms with Gasteiger partial charge in [-0.25, -0.2) is 0 Å². The number of rotatable bonds is 8. The molecule has 26 heavy (non-hydrogen) atoms. The molecule has 6 heteroatoms. The lowest BCUT2D eigenvalue weighted by molar-refractivity contribution is -0.132. The highest BCUT2D eigenvalue weighted by atomic mass is 16.5. The number of carbonyl (C=O) groups is 2. The van der Waals surface area contributed by atoms with Crippen molar-refractivity contribution in [2.45, 2.75) is 13.3 Å². The minimum Gasteiger partial charge on any atom is -0.497 e. The van der Waals surface area contributed by atoms with Gasteiger partial charge in [-0.15, -0.1) is 0 Å². The zero-order chi connectivity index (χ0) is 18.9. The lowest BCUT2D eigenvalue weighted by Crippen LogP contribution is -2.38. The largest absolute Gasteiger partial charge is 0.497 e. The minimum absolute atomic E-state index is 0.0253. The Labute approximate surface area is 153 Å². The van der Waals surface area contributed by atoms with Crippen LogP contribution in [0.5, 0.6) is 11.5 Å². The molecule has 0 fully saturated rings. The van der Waals surface area contributed by atoms with Gasteiger partial charge in [0, 0.05) is 19.5 Å². The standard InChI is InChI=1S/C20H24N2O4/c1-15(23)22(12-11-16-7-5-4-6-8-16)14-20(24)21-18-13-17(25-2)9-10-19(18)26-3/h4-10,13H,11-12,14H2,1-3H3,(H,21,24). The van der Waals surface area contributed by atoms with Crippen molar-refractivity contribution in [3.8, 4) is 11.5 Å². The third-order valence-electron chi connectivity index (χ3n) is 3.97. The number of methoxy groups -OCH3 is 2. The Balaban J connectivity index is 2.00. The highest BCUT2D eigenvalue weighted by Crippen LogP contribution is 2.28. The highest BCUT2D eigenvalue weighted by Gasteiger charge is 2.15. The summed E-state index contributed by atoms with van der Waals surface area (Å²) in [6.45, 7) is 1.91. The van der Waals surface area contributed by atoms with Crippen LogP contribution in [0.15, 0.2) is 48.5 Å². The number of nitrogens with one attached hydrogen (secondary N) is 1. The van der Waals surface area contributed by atoms with Gasteiger partial charge in [-0.3, -0.25) is 9.59 Å². The Morgan fingerprint density at radius 1 is 1.04 bits per heavy atom. The predicted molar refractivity (Wildman–Crippen MR) is 101 cm³/mol. The van der Waals surface area contributed by atoms with E-state index in [0.29, 0.717) is 30.2 Å². The van der Waals surface area contributed by atoms with E-state index in [4.69, 9.17) is 9.47 Å². The number of benzene rings is 2. The third-order valence-corrected chi connectivity index (χ3v) is 3.97. The summed E-state index contributed by atoms with van der Waals surface area (Å²) in [5.41, 5.74) is 1.62. The van der Waals surface area contributed by atoms with E-state index in [1.54, 1.807) is 25.3 Å². The van der Waals surface area contributed by atoms with Crippen molar-refractivity contribution >= 4 is 17.5 Å². The molecule has 0 unspecified atom stereocenters. The van der Waals surface area contributed by atoms with E-state index in [9.17, 15) is 9.59 Å². The summed E-state index contributed by atoms with van der Waals surface area (Å²) in [6, 6.07) is 15.0. The normalized spacial score (nSPS) is 10.1. The fraction of sp³-hybridized carbons (Fsp3) is 0.300. The van der Waals surface area contributed by atoms with E-state index in [0.717, 1.165) is 5.56 Å². The fourth-order valence-electron chi connectivity index (χ4n) is 2.53. The molecule has 0 saturated heterocycles. The van der Waals surface area contributed by atoms with Crippen molar-refractivity contribution in [2.75, 3.05) is 32.6 Å². The summed E-state index contributed by atoms with van der Waals surface area (Å²) in [5, 5.41) is 2.78. The van der Waals surface area contributed by atoms with Gasteiger partial charge in [-0.2, -0.15) is 0 Å². The zero-order valence-electron chi connectivity index (χ0n) is 15.3. The maximum absolute atomic E-state index is 12.4. The van der Waals surface area contributed by atoms with Gasteiger partial charge < -0.3 is 19.7 Å². The molecule has 0 atom stereocenters. The van der Waals surface area contributed by atoms with Crippen LogP contribution in [0.3, 0.4) is 0 Å². The molecule has 0 aliphatic heterocycles. The van der Waals surface area contributed by atoms with E-state index >= 15 is 0 Å². The average Bonchev–Trinajstić information content (AvgIpc) is 2.65. The summed E-state index contributed by atoms with van der Waals surface area (Å²) in [4.78, 5) is 25.8. The SMILES string of the molecule is COc1ccc(OC)c(NC(=O)CN(CCc2ccccc2)C(C)=O)c1. The molecule has 0 aliphatic carbocycles. The Hall–Kier alpha value is -3.02. The van der Waals surface area contributed by atoms with Crippen LogP contribution >= 0.6 is 0 Å². The molecule has 0 saturated carbocycles. The van der Waals surface area contributed by atoms with E-state index in [1.165, 1.54) is 18.9 Å². The number of hydrogen-bond acceptors (Lipinski definition) is 4. The second-order valence-electron chi connectivity index (χ2n) is 5.79. The third kappa shape index (κ3) is 5.51. The lowest BCUT2D eigenvalue weighted by Gasteiger charge is -2.21. The van der Waals surface area contributed by atoms with Crippen LogP contribution < -0.4 is 14.8 Å². The molecule has 2 rings (SSSR count). The molecule has 0 radical (unpaired) electrons. The predicted octanol–water partition coefficient (Wildman–Crippen LogP) is 2.73. The van der Waals surface area contributed by atoms with Gasteiger partial charge in [0.25, 0.3) is 0 Å². The van der Waals surface area contributed by atoms with Gasteiger partial charge in [0.15, 0.2) is 0 Å². The van der Waals surface area contributed by atoms with Gasteiger partial charge in [-0.1, -0.05) is 30.3 Å². The van der Waals surface area contributed by atoms with E-state index in [1.807, 2.05) is 30.3 Å². The summed E-state index contributed by atoms with van der Waals surface area (Å²) in [7, 11) is 3.08. The zero-order valence-corrected chi connectivity index (χ0v) is 15.3. The Morgan fingerprint density at radius 3 is 2.38 bits per heavy atom. The van der Waals surface area contributed by atoms with Crippen molar-refractivity contribution in [1.82, 2.24) is 4.90 Å². The van der Waals surface area contributed by atoms with Gasteiger partial charge in [-0.05, 0) is 24.1 Å². The van der Waals surface area contributed by atoms with Crippen molar-refractivity contribution in [2.24, 2.45) is 0 Å². The maximum atomic E-state index is 12.4. The van der Waals surface area contributed by atoms with Crippen LogP contribution in [0, 0.1) is 0 Å². The van der Waals surface area contributed by atoms with E-state index in [2.05, 4.69) is 5.32 Å². The molecule has 0 bridgehead atoms. The first-order valence-corrected chi connectivity index (χ1v) is 8.34. The Kier molecular flexibility index (Phi) is 7.02. The molecule has 1 N–H and O–H groups in total. The molecule has 0 heterocycles. The molecule has 0 aromatic heterocycles. The molecule has 2 amide bonds. The monoisotopic (exact) mass is 356 g/mol. The number of anilines is 1. The fourth-order valence-corrected chi connectivity index (χ4v) is 2.53. The second kappa shape index (κ2) is 9.46. The highest BCUT2D eigenvalue weighted by molar-refractivity contribution is 5.95. The van der Waals surface area contributed by atoms with Crippen LogP contribution in [0.1, 0.15) is 12.5 Å². The van der Waals surface area contributed by atoms with Crippen molar-refractivity contribution in [1.29, 1.82) is 0 Å². The quantitative estimate of drug-likeness (QED) is 0.790. The first kappa shape index (κ1) is 19.3. The summed E-state index contributed by atoms with van der Waals surface area (Å²) >= 11 is 0. The van der Waals surface area contributed by atoms with Gasteiger partial charge in [0.1, 0.15) is 11.5 Å². The molecular formula is C20H24N2O4. The van der Waals surface area contributed by atoms with Crippen molar-refractivity contribution < 1.29 is 19.1 Å². The first-order chi connectivity index (χ1) is 12.5. The number of nitrogens with zero attached hydrogens (tertiary/aromatic N) is 1. The molecule has 0 spiro atoms.